The lowest BCUT2D eigenvalue weighted by Crippen LogP contribution is -2.16. The highest BCUT2D eigenvalue weighted by Gasteiger charge is 2.10. The van der Waals surface area contributed by atoms with Crippen LogP contribution in [0, 0.1) is 11.6 Å². The molecule has 2 N–H and O–H groups in total. The number of H-pyrrole nitrogens is 1. The van der Waals surface area contributed by atoms with Crippen molar-refractivity contribution in [2.75, 3.05) is 11.1 Å². The van der Waals surface area contributed by atoms with Gasteiger partial charge in [-0.1, -0.05) is 11.8 Å². The lowest BCUT2D eigenvalue weighted by atomic mass is 10.3. The molecule has 1 aromatic heterocycles. The van der Waals surface area contributed by atoms with Crippen molar-refractivity contribution in [2.45, 2.75) is 5.16 Å². The van der Waals surface area contributed by atoms with Crippen molar-refractivity contribution >= 4 is 23.4 Å². The number of halogens is 2. The standard InChI is InChI=1S/C11H10F2N4O2S/c1-17-10(19)15-16-11(17)20-5-9(18)14-6-2-3-7(12)8(13)4-6/h2-4H,5H2,1H3,(H,14,18)(H,15,19). The molecule has 2 rings (SSSR count). The van der Waals surface area contributed by atoms with Crippen molar-refractivity contribution in [3.8, 4) is 0 Å². The Labute approximate surface area is 116 Å². The van der Waals surface area contributed by atoms with Crippen LogP contribution in [0.5, 0.6) is 0 Å². The topological polar surface area (TPSA) is 79.8 Å². The van der Waals surface area contributed by atoms with E-state index in [0.29, 0.717) is 5.16 Å². The predicted octanol–water partition coefficient (Wildman–Crippen LogP) is 1.12. The van der Waals surface area contributed by atoms with Gasteiger partial charge in [0, 0.05) is 18.8 Å². The molecule has 0 aliphatic carbocycles. The maximum atomic E-state index is 13.0. The molecular formula is C11H10F2N4O2S. The smallest absolute Gasteiger partial charge is 0.325 e. The largest absolute Gasteiger partial charge is 0.343 e. The summed E-state index contributed by atoms with van der Waals surface area (Å²) in [7, 11) is 1.52. The number of anilines is 1. The van der Waals surface area contributed by atoms with E-state index in [1.54, 1.807) is 0 Å². The molecule has 1 heterocycles. The average Bonchev–Trinajstić information content (AvgIpc) is 2.72. The molecule has 1 amide bonds. The minimum Gasteiger partial charge on any atom is -0.325 e. The fourth-order valence-corrected chi connectivity index (χ4v) is 2.08. The SMILES string of the molecule is Cn1c(SCC(=O)Nc2ccc(F)c(F)c2)n[nH]c1=O. The zero-order valence-corrected chi connectivity index (χ0v) is 11.1. The predicted molar refractivity (Wildman–Crippen MR) is 69.5 cm³/mol. The molecule has 0 unspecified atom stereocenters. The number of thioether (sulfide) groups is 1. The van der Waals surface area contributed by atoms with Gasteiger partial charge in [0.05, 0.1) is 5.75 Å². The monoisotopic (exact) mass is 300 g/mol. The molecule has 6 nitrogen and oxygen atoms in total. The summed E-state index contributed by atoms with van der Waals surface area (Å²) in [6.45, 7) is 0. The van der Waals surface area contributed by atoms with E-state index in [0.717, 1.165) is 23.9 Å². The molecule has 0 radical (unpaired) electrons. The van der Waals surface area contributed by atoms with Crippen molar-refractivity contribution in [1.82, 2.24) is 14.8 Å². The Morgan fingerprint density at radius 3 is 2.80 bits per heavy atom. The minimum absolute atomic E-state index is 0.0167. The highest BCUT2D eigenvalue weighted by Crippen LogP contribution is 2.15. The molecule has 2 aromatic rings. The normalized spacial score (nSPS) is 10.6. The van der Waals surface area contributed by atoms with Gasteiger partial charge in [-0.2, -0.15) is 0 Å². The highest BCUT2D eigenvalue weighted by atomic mass is 32.2. The minimum atomic E-state index is -1.04. The zero-order valence-electron chi connectivity index (χ0n) is 10.3. The lowest BCUT2D eigenvalue weighted by molar-refractivity contribution is -0.113. The number of carbonyl (C=O) groups is 1. The van der Waals surface area contributed by atoms with Crippen LogP contribution in [-0.4, -0.2) is 26.4 Å². The first kappa shape index (κ1) is 14.3. The van der Waals surface area contributed by atoms with E-state index in [-0.39, 0.29) is 17.1 Å². The fraction of sp³-hybridized carbons (Fsp3) is 0.182. The van der Waals surface area contributed by atoms with Crippen LogP contribution in [0.3, 0.4) is 0 Å². The quantitative estimate of drug-likeness (QED) is 0.829. The van der Waals surface area contributed by atoms with Crippen LogP contribution in [-0.2, 0) is 11.8 Å². The molecule has 0 aliphatic heterocycles. The van der Waals surface area contributed by atoms with Crippen LogP contribution in [0.1, 0.15) is 0 Å². The number of benzene rings is 1. The van der Waals surface area contributed by atoms with Gasteiger partial charge < -0.3 is 5.32 Å². The van der Waals surface area contributed by atoms with E-state index in [1.807, 2.05) is 0 Å². The molecular weight excluding hydrogens is 290 g/mol. The molecule has 20 heavy (non-hydrogen) atoms. The first-order chi connectivity index (χ1) is 9.47. The summed E-state index contributed by atoms with van der Waals surface area (Å²) in [5.74, 6) is -2.46. The Morgan fingerprint density at radius 1 is 1.45 bits per heavy atom. The van der Waals surface area contributed by atoms with Crippen LogP contribution in [0.4, 0.5) is 14.5 Å². The fourth-order valence-electron chi connectivity index (χ4n) is 1.36. The van der Waals surface area contributed by atoms with Gasteiger partial charge in [0.1, 0.15) is 0 Å². The van der Waals surface area contributed by atoms with E-state index >= 15 is 0 Å². The lowest BCUT2D eigenvalue weighted by Gasteiger charge is -2.05. The number of rotatable bonds is 4. The number of hydrogen-bond acceptors (Lipinski definition) is 4. The Hall–Kier alpha value is -2.16. The van der Waals surface area contributed by atoms with Crippen molar-refractivity contribution in [1.29, 1.82) is 0 Å². The van der Waals surface area contributed by atoms with Crippen molar-refractivity contribution < 1.29 is 13.6 Å². The van der Waals surface area contributed by atoms with E-state index in [9.17, 15) is 18.4 Å². The van der Waals surface area contributed by atoms with Gasteiger partial charge in [-0.15, -0.1) is 5.10 Å². The second-order valence-corrected chi connectivity index (χ2v) is 4.78. The summed E-state index contributed by atoms with van der Waals surface area (Å²) < 4.78 is 26.9. The molecule has 0 saturated carbocycles. The number of nitrogens with one attached hydrogen (secondary N) is 2. The van der Waals surface area contributed by atoms with Crippen molar-refractivity contribution in [3.05, 3.63) is 40.3 Å². The molecule has 0 spiro atoms. The van der Waals surface area contributed by atoms with E-state index in [4.69, 9.17) is 0 Å². The molecule has 0 aliphatic rings. The maximum Gasteiger partial charge on any atom is 0.343 e. The third-order valence-electron chi connectivity index (χ3n) is 2.37. The third kappa shape index (κ3) is 3.23. The van der Waals surface area contributed by atoms with E-state index < -0.39 is 17.5 Å². The van der Waals surface area contributed by atoms with Crippen LogP contribution in [0.2, 0.25) is 0 Å². The van der Waals surface area contributed by atoms with Crippen molar-refractivity contribution in [2.24, 2.45) is 7.05 Å². The number of hydrogen-bond donors (Lipinski definition) is 2. The Morgan fingerprint density at radius 2 is 2.20 bits per heavy atom. The van der Waals surface area contributed by atoms with Gasteiger partial charge in [-0.05, 0) is 12.1 Å². The average molecular weight is 300 g/mol. The van der Waals surface area contributed by atoms with Crippen molar-refractivity contribution in [3.63, 3.8) is 0 Å². The molecule has 106 valence electrons. The summed E-state index contributed by atoms with van der Waals surface area (Å²) in [6.07, 6.45) is 0. The van der Waals surface area contributed by atoms with Crippen LogP contribution in [0.25, 0.3) is 0 Å². The Balaban J connectivity index is 1.94. The molecule has 1 aromatic carbocycles. The Bertz CT molecular complexity index is 698. The van der Waals surface area contributed by atoms with Crippen LogP contribution >= 0.6 is 11.8 Å². The van der Waals surface area contributed by atoms with Gasteiger partial charge in [-0.25, -0.2) is 18.7 Å². The molecule has 0 bridgehead atoms. The third-order valence-corrected chi connectivity index (χ3v) is 3.40. The summed E-state index contributed by atoms with van der Waals surface area (Å²) in [5, 5.41) is 8.73. The van der Waals surface area contributed by atoms with E-state index in [2.05, 4.69) is 15.5 Å². The van der Waals surface area contributed by atoms with Crippen LogP contribution in [0.15, 0.2) is 28.2 Å². The molecule has 0 fully saturated rings. The van der Waals surface area contributed by atoms with E-state index in [1.165, 1.54) is 17.7 Å². The number of carbonyl (C=O) groups excluding carboxylic acids is 1. The second kappa shape index (κ2) is 5.87. The summed E-state index contributed by atoms with van der Waals surface area (Å²) in [6, 6.07) is 3.07. The first-order valence-corrected chi connectivity index (χ1v) is 6.45. The highest BCUT2D eigenvalue weighted by molar-refractivity contribution is 7.99. The maximum absolute atomic E-state index is 13.0. The number of aromatic amines is 1. The van der Waals surface area contributed by atoms with Crippen LogP contribution < -0.4 is 11.0 Å². The van der Waals surface area contributed by atoms with Gasteiger partial charge in [-0.3, -0.25) is 9.36 Å². The summed E-state index contributed by atoms with van der Waals surface area (Å²) in [4.78, 5) is 22.7. The summed E-state index contributed by atoms with van der Waals surface area (Å²) >= 11 is 1.04. The molecule has 9 heteroatoms. The number of amides is 1. The van der Waals surface area contributed by atoms with Gasteiger partial charge in [0.15, 0.2) is 16.8 Å². The van der Waals surface area contributed by atoms with Gasteiger partial charge >= 0.3 is 5.69 Å². The Kier molecular flexibility index (Phi) is 4.18. The number of nitrogens with zero attached hydrogens (tertiary/aromatic N) is 2. The zero-order chi connectivity index (χ0) is 14.7. The van der Waals surface area contributed by atoms with Gasteiger partial charge in [0.2, 0.25) is 5.91 Å². The summed E-state index contributed by atoms with van der Waals surface area (Å²) in [5.41, 5.74) is -0.223. The van der Waals surface area contributed by atoms with Gasteiger partial charge in [0.25, 0.3) is 0 Å². The molecule has 0 atom stereocenters. The second-order valence-electron chi connectivity index (χ2n) is 3.84. The number of aromatic nitrogens is 3. The molecule has 0 saturated heterocycles. The first-order valence-electron chi connectivity index (χ1n) is 5.46.